The Bertz CT molecular complexity index is 1450. The molecule has 1 amide bonds. The molecule has 0 saturated carbocycles. The van der Waals surface area contributed by atoms with Crippen LogP contribution in [0.2, 0.25) is 5.02 Å². The van der Waals surface area contributed by atoms with Crippen molar-refractivity contribution in [2.24, 2.45) is 0 Å². The first-order valence-electron chi connectivity index (χ1n) is 11.7. The zero-order valence-electron chi connectivity index (χ0n) is 19.8. The van der Waals surface area contributed by atoms with Crippen molar-refractivity contribution in [3.8, 4) is 5.75 Å². The second-order valence-electron chi connectivity index (χ2n) is 8.64. The number of aromatic nitrogens is 1. The summed E-state index contributed by atoms with van der Waals surface area (Å²) in [6, 6.07) is 26.3. The molecule has 1 aromatic heterocycles. The highest BCUT2D eigenvalue weighted by atomic mass is 35.5. The highest BCUT2D eigenvalue weighted by Crippen LogP contribution is 2.41. The molecule has 184 valence electrons. The maximum Gasteiger partial charge on any atom is 0.295 e. The van der Waals surface area contributed by atoms with Gasteiger partial charge in [-0.1, -0.05) is 54.1 Å². The van der Waals surface area contributed by atoms with Crippen LogP contribution in [-0.2, 0) is 22.7 Å². The van der Waals surface area contributed by atoms with E-state index >= 15 is 0 Å². The minimum absolute atomic E-state index is 0.0154. The summed E-state index contributed by atoms with van der Waals surface area (Å²) in [6.07, 6.45) is 3.26. The van der Waals surface area contributed by atoms with Crippen LogP contribution in [0.25, 0.3) is 5.76 Å². The van der Waals surface area contributed by atoms with Crippen LogP contribution in [0.4, 0.5) is 0 Å². The number of carbonyl (C=O) groups is 2. The molecule has 1 N–H and O–H groups in total. The van der Waals surface area contributed by atoms with Crippen molar-refractivity contribution in [1.29, 1.82) is 0 Å². The molecule has 1 unspecified atom stereocenters. The summed E-state index contributed by atoms with van der Waals surface area (Å²) in [5.74, 6) is -1.11. The van der Waals surface area contributed by atoms with Crippen molar-refractivity contribution in [3.63, 3.8) is 0 Å². The first-order chi connectivity index (χ1) is 18.0. The molecule has 0 bridgehead atoms. The van der Waals surface area contributed by atoms with E-state index in [0.717, 1.165) is 11.1 Å². The molecule has 0 aliphatic carbocycles. The average molecular weight is 511 g/mol. The van der Waals surface area contributed by atoms with E-state index in [0.29, 0.717) is 28.5 Å². The molecule has 6 nitrogen and oxygen atoms in total. The number of aliphatic hydroxyl groups is 1. The van der Waals surface area contributed by atoms with E-state index in [4.69, 9.17) is 16.3 Å². The van der Waals surface area contributed by atoms with Crippen LogP contribution < -0.4 is 4.74 Å². The molecular weight excluding hydrogens is 488 g/mol. The van der Waals surface area contributed by atoms with Crippen LogP contribution in [0.3, 0.4) is 0 Å². The van der Waals surface area contributed by atoms with E-state index in [1.165, 1.54) is 4.90 Å². The van der Waals surface area contributed by atoms with Crippen LogP contribution in [0, 0.1) is 0 Å². The van der Waals surface area contributed by atoms with Crippen LogP contribution in [0.15, 0.2) is 109 Å². The van der Waals surface area contributed by atoms with Crippen molar-refractivity contribution in [2.75, 3.05) is 0 Å². The fourth-order valence-corrected chi connectivity index (χ4v) is 4.48. The number of ketones is 1. The SMILES string of the molecule is O=C1C(=O)N(Cc2ccncc2)C(c2cccc(OCc3ccccc3)c2)C1=C(O)c1ccc(Cl)cc1. The van der Waals surface area contributed by atoms with Crippen LogP contribution in [0.1, 0.15) is 28.3 Å². The van der Waals surface area contributed by atoms with Crippen molar-refractivity contribution in [1.82, 2.24) is 9.88 Å². The molecule has 1 aliphatic rings. The molecular formula is C30H23ClN2O4. The van der Waals surface area contributed by atoms with E-state index in [2.05, 4.69) is 4.98 Å². The first kappa shape index (κ1) is 24.3. The van der Waals surface area contributed by atoms with Crippen molar-refractivity contribution in [3.05, 3.63) is 136 Å². The number of pyridine rings is 1. The first-order valence-corrected chi connectivity index (χ1v) is 12.1. The Kier molecular flexibility index (Phi) is 7.01. The summed E-state index contributed by atoms with van der Waals surface area (Å²) in [7, 11) is 0. The fourth-order valence-electron chi connectivity index (χ4n) is 4.35. The Morgan fingerprint density at radius 2 is 1.62 bits per heavy atom. The molecule has 37 heavy (non-hydrogen) atoms. The standard InChI is InChI=1S/C30H23ClN2O4/c31-24-11-9-22(10-12-24)28(34)26-27(33(30(36)29(26)35)18-20-13-15-32-16-14-20)23-7-4-8-25(17-23)37-19-21-5-2-1-3-6-21/h1-17,27,34H,18-19H2. The number of likely N-dealkylation sites (tertiary alicyclic amines) is 1. The monoisotopic (exact) mass is 510 g/mol. The molecule has 0 spiro atoms. The number of nitrogens with zero attached hydrogens (tertiary/aromatic N) is 2. The fraction of sp³-hybridized carbons (Fsp3) is 0.100. The Labute approximate surface area is 219 Å². The number of rotatable bonds is 7. The predicted octanol–water partition coefficient (Wildman–Crippen LogP) is 5.94. The van der Waals surface area contributed by atoms with Gasteiger partial charge in [0.05, 0.1) is 11.6 Å². The number of halogens is 1. The molecule has 2 heterocycles. The van der Waals surface area contributed by atoms with Crippen LogP contribution in [0.5, 0.6) is 5.75 Å². The third-order valence-electron chi connectivity index (χ3n) is 6.18. The third kappa shape index (κ3) is 5.25. The minimum Gasteiger partial charge on any atom is -0.507 e. The maximum absolute atomic E-state index is 13.3. The van der Waals surface area contributed by atoms with Gasteiger partial charge in [0.15, 0.2) is 0 Å². The van der Waals surface area contributed by atoms with Gasteiger partial charge in [0.25, 0.3) is 11.7 Å². The number of amides is 1. The highest BCUT2D eigenvalue weighted by molar-refractivity contribution is 6.46. The Morgan fingerprint density at radius 1 is 0.892 bits per heavy atom. The van der Waals surface area contributed by atoms with Crippen LogP contribution in [-0.4, -0.2) is 26.7 Å². The summed E-state index contributed by atoms with van der Waals surface area (Å²) in [5.41, 5.74) is 2.88. The second-order valence-corrected chi connectivity index (χ2v) is 9.07. The molecule has 1 fully saturated rings. The second kappa shape index (κ2) is 10.7. The van der Waals surface area contributed by atoms with Crippen molar-refractivity contribution < 1.29 is 19.4 Å². The van der Waals surface area contributed by atoms with Gasteiger partial charge in [0, 0.05) is 29.5 Å². The zero-order chi connectivity index (χ0) is 25.8. The lowest BCUT2D eigenvalue weighted by atomic mass is 9.95. The smallest absolute Gasteiger partial charge is 0.295 e. The number of aliphatic hydroxyl groups excluding tert-OH is 1. The molecule has 4 aromatic rings. The summed E-state index contributed by atoms with van der Waals surface area (Å²) in [6.45, 7) is 0.538. The van der Waals surface area contributed by atoms with Crippen LogP contribution >= 0.6 is 11.6 Å². The number of hydrogen-bond acceptors (Lipinski definition) is 5. The maximum atomic E-state index is 13.3. The zero-order valence-corrected chi connectivity index (χ0v) is 20.5. The van der Waals surface area contributed by atoms with Crippen molar-refractivity contribution in [2.45, 2.75) is 19.2 Å². The van der Waals surface area contributed by atoms with Gasteiger partial charge in [0.2, 0.25) is 0 Å². The number of ether oxygens (including phenoxy) is 1. The molecule has 1 saturated heterocycles. The topological polar surface area (TPSA) is 79.7 Å². The van der Waals surface area contributed by atoms with E-state index in [1.807, 2.05) is 48.5 Å². The number of benzene rings is 3. The molecule has 1 aliphatic heterocycles. The largest absolute Gasteiger partial charge is 0.507 e. The Balaban J connectivity index is 1.56. The summed E-state index contributed by atoms with van der Waals surface area (Å²) in [4.78, 5) is 32.0. The normalized spacial score (nSPS) is 16.7. The highest BCUT2D eigenvalue weighted by Gasteiger charge is 2.46. The molecule has 7 heteroatoms. The molecule has 5 rings (SSSR count). The lowest BCUT2D eigenvalue weighted by Gasteiger charge is -2.26. The molecule has 0 radical (unpaired) electrons. The van der Waals surface area contributed by atoms with Gasteiger partial charge in [0.1, 0.15) is 18.1 Å². The Hall–Kier alpha value is -4.42. The summed E-state index contributed by atoms with van der Waals surface area (Å²) >= 11 is 6.01. The third-order valence-corrected chi connectivity index (χ3v) is 6.43. The Morgan fingerprint density at radius 3 is 2.35 bits per heavy atom. The van der Waals surface area contributed by atoms with E-state index in [1.54, 1.807) is 54.9 Å². The minimum atomic E-state index is -0.816. The lowest BCUT2D eigenvalue weighted by Crippen LogP contribution is -2.29. The number of carbonyl (C=O) groups excluding carboxylic acids is 2. The van der Waals surface area contributed by atoms with E-state index in [9.17, 15) is 14.7 Å². The van der Waals surface area contributed by atoms with Gasteiger partial charge in [-0.2, -0.15) is 0 Å². The number of Topliss-reactive ketones (excluding diaryl/α,β-unsaturated/α-hetero) is 1. The quantitative estimate of drug-likeness (QED) is 0.189. The average Bonchev–Trinajstić information content (AvgIpc) is 3.18. The summed E-state index contributed by atoms with van der Waals surface area (Å²) < 4.78 is 6.00. The van der Waals surface area contributed by atoms with Crippen molar-refractivity contribution >= 4 is 29.1 Å². The van der Waals surface area contributed by atoms with Gasteiger partial charge in [-0.3, -0.25) is 14.6 Å². The van der Waals surface area contributed by atoms with Gasteiger partial charge in [-0.05, 0) is 65.2 Å². The van der Waals surface area contributed by atoms with Gasteiger partial charge in [-0.15, -0.1) is 0 Å². The predicted molar refractivity (Wildman–Crippen MR) is 141 cm³/mol. The van der Waals surface area contributed by atoms with Gasteiger partial charge in [-0.25, -0.2) is 0 Å². The molecule has 3 aromatic carbocycles. The molecule has 1 atom stereocenters. The number of hydrogen-bond donors (Lipinski definition) is 1. The summed E-state index contributed by atoms with van der Waals surface area (Å²) in [5, 5.41) is 11.7. The van der Waals surface area contributed by atoms with Gasteiger partial charge < -0.3 is 14.7 Å². The van der Waals surface area contributed by atoms with E-state index < -0.39 is 17.7 Å². The van der Waals surface area contributed by atoms with Gasteiger partial charge >= 0.3 is 0 Å². The van der Waals surface area contributed by atoms with E-state index in [-0.39, 0.29) is 17.9 Å². The lowest BCUT2D eigenvalue weighted by molar-refractivity contribution is -0.140.